The number of carbonyl (C=O) groups is 2. The zero-order valence-electron chi connectivity index (χ0n) is 20.5. The Balaban J connectivity index is 3.73. The van der Waals surface area contributed by atoms with Crippen LogP contribution in [-0.2, 0) is 14.1 Å². The van der Waals surface area contributed by atoms with Crippen LogP contribution in [0.15, 0.2) is 23.1 Å². The summed E-state index contributed by atoms with van der Waals surface area (Å²) in [5, 5.41) is 18.8. The van der Waals surface area contributed by atoms with Crippen molar-refractivity contribution in [1.29, 1.82) is 0 Å². The molecule has 1 rings (SSSR count). The van der Waals surface area contributed by atoms with Crippen LogP contribution >= 0.6 is 6.83 Å². The molecule has 9 heteroatoms. The van der Waals surface area contributed by atoms with E-state index in [1.165, 1.54) is 0 Å². The molecule has 0 unspecified atom stereocenters. The monoisotopic (exact) mass is 504 g/mol. The van der Waals surface area contributed by atoms with E-state index >= 15 is 0 Å². The van der Waals surface area contributed by atoms with E-state index < -0.39 is 33.8 Å². The number of rotatable bonds is 17. The summed E-state index contributed by atoms with van der Waals surface area (Å²) in [6.45, 7) is 5.09. The van der Waals surface area contributed by atoms with Crippen LogP contribution in [0.4, 0.5) is 0 Å². The quantitative estimate of drug-likeness (QED) is 0.234. The third-order valence-corrected chi connectivity index (χ3v) is 15.4. The summed E-state index contributed by atoms with van der Waals surface area (Å²) in [4.78, 5) is 22.7. The van der Waals surface area contributed by atoms with E-state index in [9.17, 15) is 28.2 Å². The summed E-state index contributed by atoms with van der Waals surface area (Å²) < 4.78 is 33.8. The van der Waals surface area contributed by atoms with Crippen LogP contribution in [0.5, 0.6) is 0 Å². The van der Waals surface area contributed by atoms with E-state index in [0.29, 0.717) is 24.6 Å². The Labute approximate surface area is 199 Å². The molecule has 0 saturated carbocycles. The summed E-state index contributed by atoms with van der Waals surface area (Å²) in [5.41, 5.74) is -0.775. The zero-order valence-corrected chi connectivity index (χ0v) is 22.2. The maximum atomic E-state index is 13.7. The molecule has 0 aromatic heterocycles. The van der Waals surface area contributed by atoms with Gasteiger partial charge in [0.1, 0.15) is 0 Å². The molecule has 0 aliphatic rings. The van der Waals surface area contributed by atoms with Crippen molar-refractivity contribution in [3.05, 3.63) is 29.3 Å². The molecular formula is C24H41O7PS. The van der Waals surface area contributed by atoms with Crippen molar-refractivity contribution in [2.75, 3.05) is 24.6 Å². The number of aromatic carboxylic acids is 2. The fourth-order valence-corrected chi connectivity index (χ4v) is 14.5. The number of hydrogen-bond acceptors (Lipinski definition) is 5. The molecule has 2 N–H and O–H groups in total. The zero-order chi connectivity index (χ0) is 25.1. The maximum absolute atomic E-state index is 13.7. The van der Waals surface area contributed by atoms with Crippen molar-refractivity contribution in [3.63, 3.8) is 0 Å². The number of carboxylic acid groups (broad SMARTS) is 2. The molecule has 0 aliphatic carbocycles. The molecular weight excluding hydrogens is 463 g/mol. The molecule has 1 aromatic carbocycles. The molecule has 190 valence electrons. The average Bonchev–Trinajstić information content (AvgIpc) is 2.78. The van der Waals surface area contributed by atoms with Crippen molar-refractivity contribution in [2.24, 2.45) is 0 Å². The fraction of sp³-hybridized carbons (Fsp3) is 0.667. The second-order valence-electron chi connectivity index (χ2n) is 9.05. The van der Waals surface area contributed by atoms with Crippen LogP contribution in [0.2, 0.25) is 0 Å². The Kier molecular flexibility index (Phi) is 11.5. The van der Waals surface area contributed by atoms with Gasteiger partial charge in [0.15, 0.2) is 0 Å². The van der Waals surface area contributed by atoms with E-state index in [4.69, 9.17) is 3.97 Å². The van der Waals surface area contributed by atoms with Gasteiger partial charge in [-0.1, -0.05) is 0 Å². The Bertz CT molecular complexity index is 836. The van der Waals surface area contributed by atoms with Gasteiger partial charge < -0.3 is 0 Å². The molecule has 0 bridgehead atoms. The normalized spacial score (nSPS) is 13.4. The first-order chi connectivity index (χ1) is 15.5. The third-order valence-electron chi connectivity index (χ3n) is 6.31. The second-order valence-corrected chi connectivity index (χ2v) is 16.5. The first kappa shape index (κ1) is 29.5. The summed E-state index contributed by atoms with van der Waals surface area (Å²) in [5.74, 6) is -2.78. The van der Waals surface area contributed by atoms with Crippen LogP contribution in [0.3, 0.4) is 0 Å². The van der Waals surface area contributed by atoms with Crippen molar-refractivity contribution < 1.29 is 32.2 Å². The number of unbranched alkanes of at least 4 members (excludes halogenated alkanes) is 4. The molecule has 0 fully saturated rings. The number of carboxylic acids is 2. The van der Waals surface area contributed by atoms with E-state index in [1.807, 2.05) is 0 Å². The summed E-state index contributed by atoms with van der Waals surface area (Å²) in [6.07, 6.45) is 9.98. The Morgan fingerprint density at radius 3 is 1.33 bits per heavy atom. The predicted molar refractivity (Wildman–Crippen MR) is 135 cm³/mol. The summed E-state index contributed by atoms with van der Waals surface area (Å²) >= 11 is 0. The van der Waals surface area contributed by atoms with Gasteiger partial charge in [-0.15, -0.1) is 0 Å². The van der Waals surface area contributed by atoms with Crippen LogP contribution in [-0.4, -0.2) is 55.2 Å². The van der Waals surface area contributed by atoms with Crippen LogP contribution in [0.1, 0.15) is 99.8 Å². The summed E-state index contributed by atoms with van der Waals surface area (Å²) in [6, 6.07) is 2.98. The first-order valence-corrected chi connectivity index (χ1v) is 16.4. The van der Waals surface area contributed by atoms with Gasteiger partial charge in [0.25, 0.3) is 0 Å². The molecule has 0 atom stereocenters. The van der Waals surface area contributed by atoms with Gasteiger partial charge in [-0.2, -0.15) is 0 Å². The van der Waals surface area contributed by atoms with Crippen molar-refractivity contribution in [1.82, 2.24) is 0 Å². The minimum absolute atomic E-state index is 0.387. The molecule has 0 aliphatic heterocycles. The van der Waals surface area contributed by atoms with Crippen LogP contribution < -0.4 is 0 Å². The summed E-state index contributed by atoms with van der Waals surface area (Å²) in [7, 11) is -4.38. The second kappa shape index (κ2) is 12.8. The van der Waals surface area contributed by atoms with Gasteiger partial charge in [-0.3, -0.25) is 0 Å². The SMILES string of the molecule is CCCCP(CCCC)(CCCC)(CCCC)OS(=O)(=O)c1cc(C(=O)O)cc(C(=O)O)c1. The molecule has 0 heterocycles. The van der Waals surface area contributed by atoms with Gasteiger partial charge in [0, 0.05) is 0 Å². The predicted octanol–water partition coefficient (Wildman–Crippen LogP) is 6.46. The molecule has 0 amide bonds. The minimum atomic E-state index is -4.38. The Morgan fingerprint density at radius 2 is 1.06 bits per heavy atom. The van der Waals surface area contributed by atoms with Gasteiger partial charge >= 0.3 is 199 Å². The molecule has 0 radical (unpaired) electrons. The van der Waals surface area contributed by atoms with E-state index in [0.717, 1.165) is 69.6 Å². The standard InChI is InChI=1S/C24H41O7PS/c1-5-9-13-32(14-10-6-2,15-11-7-3,16-12-8-4)31-33(29,30)22-18-20(23(25)26)17-21(19-22)24(27)28/h17-19H,5-16H2,1-4H3,(H,25,26)(H,27,28). The number of benzene rings is 1. The van der Waals surface area contributed by atoms with Gasteiger partial charge in [0.05, 0.1) is 0 Å². The Hall–Kier alpha value is -1.50. The van der Waals surface area contributed by atoms with Crippen molar-refractivity contribution in [2.45, 2.75) is 84.0 Å². The topological polar surface area (TPSA) is 118 Å². The molecule has 0 saturated heterocycles. The molecule has 7 nitrogen and oxygen atoms in total. The molecule has 33 heavy (non-hydrogen) atoms. The Morgan fingerprint density at radius 1 is 0.727 bits per heavy atom. The molecule has 1 aromatic rings. The number of hydrogen-bond donors (Lipinski definition) is 2. The van der Waals surface area contributed by atoms with E-state index in [-0.39, 0.29) is 11.1 Å². The van der Waals surface area contributed by atoms with Crippen molar-refractivity contribution in [3.8, 4) is 0 Å². The van der Waals surface area contributed by atoms with E-state index in [1.54, 1.807) is 0 Å². The van der Waals surface area contributed by atoms with E-state index in [2.05, 4.69) is 27.7 Å². The van der Waals surface area contributed by atoms with Crippen LogP contribution in [0.25, 0.3) is 0 Å². The fourth-order valence-electron chi connectivity index (χ4n) is 4.36. The van der Waals surface area contributed by atoms with Crippen LogP contribution in [0, 0.1) is 0 Å². The van der Waals surface area contributed by atoms with Crippen molar-refractivity contribution >= 4 is 28.9 Å². The molecule has 0 spiro atoms. The van der Waals surface area contributed by atoms with Gasteiger partial charge in [-0.25, -0.2) is 0 Å². The first-order valence-electron chi connectivity index (χ1n) is 12.1. The van der Waals surface area contributed by atoms with Gasteiger partial charge in [-0.05, 0) is 0 Å². The van der Waals surface area contributed by atoms with Gasteiger partial charge in [0.2, 0.25) is 0 Å². The third kappa shape index (κ3) is 8.04. The average molecular weight is 505 g/mol.